The van der Waals surface area contributed by atoms with Crippen LogP contribution in [0.5, 0.6) is 5.88 Å². The predicted octanol–water partition coefficient (Wildman–Crippen LogP) is 4.39. The van der Waals surface area contributed by atoms with Crippen molar-refractivity contribution in [3.05, 3.63) is 17.7 Å². The van der Waals surface area contributed by atoms with Crippen molar-refractivity contribution < 1.29 is 13.5 Å². The molecule has 0 saturated heterocycles. The smallest absolute Gasteiger partial charge is 0.252 e. The summed E-state index contributed by atoms with van der Waals surface area (Å²) in [5.41, 5.74) is 0.170. The first kappa shape index (κ1) is 16.0. The van der Waals surface area contributed by atoms with Gasteiger partial charge in [0, 0.05) is 12.6 Å². The first-order chi connectivity index (χ1) is 9.80. The second kappa shape index (κ2) is 6.16. The van der Waals surface area contributed by atoms with Gasteiger partial charge in [-0.25, -0.2) is 8.78 Å². The standard InChI is InChI=1S/C16H24F2N2O/c1-5-19-14-12(17)7-13(18)15(20-14)21-11-6-10(2)8-16(3,4)9-11/h7,10-11H,5-6,8-9H2,1-4H3,(H,19,20). The van der Waals surface area contributed by atoms with E-state index in [4.69, 9.17) is 4.74 Å². The Morgan fingerprint density at radius 2 is 2.05 bits per heavy atom. The van der Waals surface area contributed by atoms with Gasteiger partial charge in [-0.05, 0) is 37.5 Å². The minimum absolute atomic E-state index is 0.0389. The van der Waals surface area contributed by atoms with Crippen molar-refractivity contribution in [2.24, 2.45) is 11.3 Å². The molecule has 1 saturated carbocycles. The van der Waals surface area contributed by atoms with Crippen molar-refractivity contribution in [1.82, 2.24) is 4.98 Å². The maximum Gasteiger partial charge on any atom is 0.252 e. The van der Waals surface area contributed by atoms with E-state index in [9.17, 15) is 8.78 Å². The van der Waals surface area contributed by atoms with Crippen LogP contribution in [0.25, 0.3) is 0 Å². The highest BCUT2D eigenvalue weighted by molar-refractivity contribution is 5.39. The van der Waals surface area contributed by atoms with Crippen molar-refractivity contribution in [1.29, 1.82) is 0 Å². The van der Waals surface area contributed by atoms with Gasteiger partial charge in [-0.15, -0.1) is 0 Å². The van der Waals surface area contributed by atoms with Crippen LogP contribution in [0.15, 0.2) is 6.07 Å². The number of rotatable bonds is 4. The topological polar surface area (TPSA) is 34.2 Å². The van der Waals surface area contributed by atoms with Crippen LogP contribution in [-0.2, 0) is 0 Å². The molecule has 0 spiro atoms. The number of ether oxygens (including phenoxy) is 1. The quantitative estimate of drug-likeness (QED) is 0.895. The van der Waals surface area contributed by atoms with Gasteiger partial charge in [0.2, 0.25) is 0 Å². The minimum atomic E-state index is -0.745. The fourth-order valence-electron chi connectivity index (χ4n) is 3.33. The van der Waals surface area contributed by atoms with E-state index in [1.807, 2.05) is 6.92 Å². The molecule has 1 aromatic rings. The molecule has 1 heterocycles. The fourth-order valence-corrected chi connectivity index (χ4v) is 3.33. The molecule has 2 rings (SSSR count). The average molecular weight is 298 g/mol. The number of hydrogen-bond acceptors (Lipinski definition) is 3. The Labute approximate surface area is 125 Å². The molecular weight excluding hydrogens is 274 g/mol. The summed E-state index contributed by atoms with van der Waals surface area (Å²) < 4.78 is 33.2. The Balaban J connectivity index is 2.17. The number of anilines is 1. The summed E-state index contributed by atoms with van der Waals surface area (Å²) in [7, 11) is 0. The van der Waals surface area contributed by atoms with Crippen molar-refractivity contribution >= 4 is 5.82 Å². The number of pyridine rings is 1. The number of halogens is 2. The monoisotopic (exact) mass is 298 g/mol. The number of hydrogen-bond donors (Lipinski definition) is 1. The molecule has 2 unspecified atom stereocenters. The van der Waals surface area contributed by atoms with E-state index in [1.54, 1.807) is 0 Å². The van der Waals surface area contributed by atoms with Crippen LogP contribution in [-0.4, -0.2) is 17.6 Å². The third kappa shape index (κ3) is 4.05. The highest BCUT2D eigenvalue weighted by Gasteiger charge is 2.33. The Hall–Kier alpha value is -1.39. The lowest BCUT2D eigenvalue weighted by molar-refractivity contribution is 0.0503. The third-order valence-corrected chi connectivity index (χ3v) is 3.87. The molecule has 2 atom stereocenters. The summed E-state index contributed by atoms with van der Waals surface area (Å²) in [4.78, 5) is 3.95. The van der Waals surface area contributed by atoms with Gasteiger partial charge < -0.3 is 10.1 Å². The number of aromatic nitrogens is 1. The minimum Gasteiger partial charge on any atom is -0.472 e. The van der Waals surface area contributed by atoms with Crippen LogP contribution in [0, 0.1) is 23.0 Å². The number of nitrogens with one attached hydrogen (secondary N) is 1. The van der Waals surface area contributed by atoms with Crippen LogP contribution in [0.3, 0.4) is 0 Å². The van der Waals surface area contributed by atoms with Crippen LogP contribution in [0.2, 0.25) is 0 Å². The summed E-state index contributed by atoms with van der Waals surface area (Å²) in [5, 5.41) is 2.77. The zero-order chi connectivity index (χ0) is 15.6. The largest absolute Gasteiger partial charge is 0.472 e. The van der Waals surface area contributed by atoms with E-state index < -0.39 is 11.6 Å². The zero-order valence-corrected chi connectivity index (χ0v) is 13.2. The van der Waals surface area contributed by atoms with Crippen LogP contribution < -0.4 is 10.1 Å². The van der Waals surface area contributed by atoms with Crippen molar-refractivity contribution in [3.8, 4) is 5.88 Å². The molecule has 0 aromatic carbocycles. The van der Waals surface area contributed by atoms with E-state index >= 15 is 0 Å². The lowest BCUT2D eigenvalue weighted by Gasteiger charge is -2.38. The molecule has 1 N–H and O–H groups in total. The molecular formula is C16H24F2N2O. The molecule has 0 radical (unpaired) electrons. The average Bonchev–Trinajstić information content (AvgIpc) is 2.32. The summed E-state index contributed by atoms with van der Waals surface area (Å²) in [6.45, 7) is 8.91. The molecule has 0 aliphatic heterocycles. The van der Waals surface area contributed by atoms with Gasteiger partial charge in [-0.2, -0.15) is 4.98 Å². The lowest BCUT2D eigenvalue weighted by atomic mass is 9.71. The van der Waals surface area contributed by atoms with Gasteiger partial charge in [0.15, 0.2) is 17.5 Å². The van der Waals surface area contributed by atoms with Gasteiger partial charge in [-0.1, -0.05) is 20.8 Å². The third-order valence-electron chi connectivity index (χ3n) is 3.87. The molecule has 0 bridgehead atoms. The van der Waals surface area contributed by atoms with Gasteiger partial charge in [0.05, 0.1) is 0 Å². The molecule has 0 amide bonds. The SMILES string of the molecule is CCNc1nc(OC2CC(C)CC(C)(C)C2)c(F)cc1F. The number of nitrogens with zero attached hydrogens (tertiary/aromatic N) is 1. The summed E-state index contributed by atoms with van der Waals surface area (Å²) in [6, 6.07) is 0.831. The molecule has 1 fully saturated rings. The van der Waals surface area contributed by atoms with Crippen LogP contribution in [0.1, 0.15) is 47.0 Å². The van der Waals surface area contributed by atoms with Gasteiger partial charge in [-0.3, -0.25) is 0 Å². The highest BCUT2D eigenvalue weighted by Crippen LogP contribution is 2.40. The molecule has 3 nitrogen and oxygen atoms in total. The van der Waals surface area contributed by atoms with E-state index in [-0.39, 0.29) is 23.2 Å². The van der Waals surface area contributed by atoms with Crippen molar-refractivity contribution in [2.45, 2.75) is 53.1 Å². The van der Waals surface area contributed by atoms with Gasteiger partial charge in [0.1, 0.15) is 6.10 Å². The molecule has 21 heavy (non-hydrogen) atoms. The van der Waals surface area contributed by atoms with Crippen molar-refractivity contribution in [2.75, 3.05) is 11.9 Å². The lowest BCUT2D eigenvalue weighted by Crippen LogP contribution is -2.34. The van der Waals surface area contributed by atoms with Gasteiger partial charge in [0.25, 0.3) is 5.88 Å². The summed E-state index contributed by atoms with van der Waals surface area (Å²) in [6.07, 6.45) is 2.78. The van der Waals surface area contributed by atoms with E-state index in [2.05, 4.69) is 31.1 Å². The Morgan fingerprint density at radius 3 is 2.67 bits per heavy atom. The first-order valence-corrected chi connectivity index (χ1v) is 7.57. The second-order valence-corrected chi connectivity index (χ2v) is 6.79. The fraction of sp³-hybridized carbons (Fsp3) is 0.688. The normalized spacial score (nSPS) is 24.7. The van der Waals surface area contributed by atoms with E-state index in [1.165, 1.54) is 0 Å². The molecule has 5 heteroatoms. The van der Waals surface area contributed by atoms with E-state index in [0.717, 1.165) is 25.3 Å². The Kier molecular flexibility index (Phi) is 4.69. The van der Waals surface area contributed by atoms with Crippen LogP contribution in [0.4, 0.5) is 14.6 Å². The van der Waals surface area contributed by atoms with Crippen LogP contribution >= 0.6 is 0 Å². The second-order valence-electron chi connectivity index (χ2n) is 6.79. The van der Waals surface area contributed by atoms with Crippen molar-refractivity contribution in [3.63, 3.8) is 0 Å². The van der Waals surface area contributed by atoms with Gasteiger partial charge >= 0.3 is 0 Å². The highest BCUT2D eigenvalue weighted by atomic mass is 19.1. The maximum atomic E-state index is 13.9. The first-order valence-electron chi connectivity index (χ1n) is 7.57. The Bertz CT molecular complexity index is 505. The molecule has 1 aromatic heterocycles. The zero-order valence-electron chi connectivity index (χ0n) is 13.2. The molecule has 1 aliphatic carbocycles. The predicted molar refractivity (Wildman–Crippen MR) is 79.5 cm³/mol. The maximum absolute atomic E-state index is 13.9. The Morgan fingerprint density at radius 1 is 1.33 bits per heavy atom. The molecule has 118 valence electrons. The molecule has 1 aliphatic rings. The summed E-state index contributed by atoms with van der Waals surface area (Å²) >= 11 is 0. The van der Waals surface area contributed by atoms with E-state index in [0.29, 0.717) is 12.5 Å². The summed E-state index contributed by atoms with van der Waals surface area (Å²) in [5.74, 6) is -0.987.